The van der Waals surface area contributed by atoms with Crippen LogP contribution in [0.15, 0.2) is 5.16 Å². The van der Waals surface area contributed by atoms with Gasteiger partial charge in [0, 0.05) is 5.92 Å². The second-order valence-corrected chi connectivity index (χ2v) is 5.28. The summed E-state index contributed by atoms with van der Waals surface area (Å²) in [6.45, 7) is 4.17. The van der Waals surface area contributed by atoms with Crippen molar-refractivity contribution in [2.45, 2.75) is 50.6 Å². The Morgan fingerprint density at radius 1 is 1.31 bits per heavy atom. The van der Waals surface area contributed by atoms with Crippen molar-refractivity contribution in [1.82, 2.24) is 15.2 Å². The maximum absolute atomic E-state index is 11.0. The first kappa shape index (κ1) is 13.1. The molecular formula is C9H18N4O2S. The van der Waals surface area contributed by atoms with E-state index in [4.69, 9.17) is 5.14 Å². The molecular weight excluding hydrogens is 228 g/mol. The summed E-state index contributed by atoms with van der Waals surface area (Å²) in [5.74, 6) is 0.853. The Labute approximate surface area is 95.7 Å². The summed E-state index contributed by atoms with van der Waals surface area (Å²) >= 11 is 0. The smallest absolute Gasteiger partial charge is 0.262 e. The van der Waals surface area contributed by atoms with Crippen molar-refractivity contribution in [1.29, 1.82) is 0 Å². The van der Waals surface area contributed by atoms with E-state index >= 15 is 0 Å². The van der Waals surface area contributed by atoms with Gasteiger partial charge in [-0.3, -0.25) is 5.10 Å². The van der Waals surface area contributed by atoms with Gasteiger partial charge >= 0.3 is 0 Å². The van der Waals surface area contributed by atoms with Crippen molar-refractivity contribution >= 4 is 10.0 Å². The fourth-order valence-electron chi connectivity index (χ4n) is 1.68. The highest BCUT2D eigenvalue weighted by Crippen LogP contribution is 2.23. The summed E-state index contributed by atoms with van der Waals surface area (Å²) in [7, 11) is -3.80. The lowest BCUT2D eigenvalue weighted by Gasteiger charge is -2.10. The maximum Gasteiger partial charge on any atom is 0.282 e. The van der Waals surface area contributed by atoms with Gasteiger partial charge in [-0.15, -0.1) is 5.10 Å². The van der Waals surface area contributed by atoms with Gasteiger partial charge in [-0.25, -0.2) is 18.5 Å². The van der Waals surface area contributed by atoms with E-state index in [0.717, 1.165) is 25.7 Å². The molecule has 1 heterocycles. The molecule has 0 atom stereocenters. The lowest BCUT2D eigenvalue weighted by Crippen LogP contribution is -2.14. The minimum Gasteiger partial charge on any atom is -0.262 e. The Kier molecular flexibility index (Phi) is 4.43. The highest BCUT2D eigenvalue weighted by atomic mass is 32.2. The molecule has 0 aliphatic heterocycles. The van der Waals surface area contributed by atoms with Crippen LogP contribution in [-0.4, -0.2) is 23.6 Å². The van der Waals surface area contributed by atoms with Crippen LogP contribution >= 0.6 is 0 Å². The van der Waals surface area contributed by atoms with Crippen LogP contribution in [0.5, 0.6) is 0 Å². The predicted octanol–water partition coefficient (Wildman–Crippen LogP) is 1.14. The molecule has 3 N–H and O–H groups in total. The van der Waals surface area contributed by atoms with E-state index in [1.165, 1.54) is 0 Å². The van der Waals surface area contributed by atoms with E-state index in [1.54, 1.807) is 0 Å². The van der Waals surface area contributed by atoms with Gasteiger partial charge in [-0.05, 0) is 12.8 Å². The van der Waals surface area contributed by atoms with Crippen LogP contribution in [0.25, 0.3) is 0 Å². The number of nitrogens with zero attached hydrogens (tertiary/aromatic N) is 2. The molecule has 0 saturated carbocycles. The van der Waals surface area contributed by atoms with Gasteiger partial charge in [0.2, 0.25) is 0 Å². The van der Waals surface area contributed by atoms with Crippen LogP contribution in [0, 0.1) is 0 Å². The molecule has 7 heteroatoms. The number of nitrogens with one attached hydrogen (secondary N) is 1. The molecule has 0 unspecified atom stereocenters. The second-order valence-electron chi connectivity index (χ2n) is 3.82. The quantitative estimate of drug-likeness (QED) is 0.785. The van der Waals surface area contributed by atoms with Crippen LogP contribution in [0.3, 0.4) is 0 Å². The average molecular weight is 246 g/mol. The fraction of sp³-hybridized carbons (Fsp3) is 0.778. The standard InChI is InChI=1S/C9H18N4O2S/c1-3-5-7(6-4-2)8-11-9(13-12-8)16(10,14)15/h7H,3-6H2,1-2H3,(H2,10,14,15)(H,11,12,13). The topological polar surface area (TPSA) is 102 Å². The summed E-state index contributed by atoms with van der Waals surface area (Å²) in [5.41, 5.74) is 0. The van der Waals surface area contributed by atoms with Crippen molar-refractivity contribution in [2.75, 3.05) is 0 Å². The van der Waals surface area contributed by atoms with Crippen molar-refractivity contribution in [3.8, 4) is 0 Å². The Bertz CT molecular complexity index is 420. The molecule has 0 spiro atoms. The molecule has 0 aliphatic rings. The summed E-state index contributed by atoms with van der Waals surface area (Å²) in [4.78, 5) is 3.94. The molecule has 0 radical (unpaired) electrons. The lowest BCUT2D eigenvalue weighted by molar-refractivity contribution is 0.534. The third-order valence-corrected chi connectivity index (χ3v) is 3.09. The molecule has 92 valence electrons. The molecule has 0 saturated heterocycles. The molecule has 1 aromatic heterocycles. The predicted molar refractivity (Wildman–Crippen MR) is 60.3 cm³/mol. The third kappa shape index (κ3) is 3.28. The Morgan fingerprint density at radius 2 is 1.88 bits per heavy atom. The third-order valence-electron chi connectivity index (χ3n) is 2.40. The van der Waals surface area contributed by atoms with Gasteiger partial charge in [-0.1, -0.05) is 26.7 Å². The SMILES string of the molecule is CCCC(CCC)c1nc(S(N)(=O)=O)n[nH]1. The number of hydrogen-bond donors (Lipinski definition) is 2. The van der Waals surface area contributed by atoms with Gasteiger partial charge in [0.05, 0.1) is 0 Å². The number of rotatable bonds is 6. The van der Waals surface area contributed by atoms with Crippen LogP contribution in [0.1, 0.15) is 51.3 Å². The minimum atomic E-state index is -3.80. The van der Waals surface area contributed by atoms with Gasteiger partial charge in [0.15, 0.2) is 0 Å². The normalized spacial score (nSPS) is 12.2. The van der Waals surface area contributed by atoms with E-state index < -0.39 is 10.0 Å². The van der Waals surface area contributed by atoms with E-state index in [9.17, 15) is 8.42 Å². The molecule has 0 aromatic carbocycles. The first-order valence-electron chi connectivity index (χ1n) is 5.44. The van der Waals surface area contributed by atoms with Gasteiger partial charge in [-0.2, -0.15) is 0 Å². The zero-order valence-corrected chi connectivity index (χ0v) is 10.4. The number of H-pyrrole nitrogens is 1. The van der Waals surface area contributed by atoms with Crippen LogP contribution in [-0.2, 0) is 10.0 Å². The highest BCUT2D eigenvalue weighted by Gasteiger charge is 2.19. The number of aromatic amines is 1. The van der Waals surface area contributed by atoms with Gasteiger partial charge in [0.1, 0.15) is 5.82 Å². The molecule has 1 aromatic rings. The van der Waals surface area contributed by atoms with E-state index in [0.29, 0.717) is 5.82 Å². The zero-order chi connectivity index (χ0) is 12.2. The summed E-state index contributed by atoms with van der Waals surface area (Å²) < 4.78 is 22.0. The number of sulfonamides is 1. The van der Waals surface area contributed by atoms with Crippen molar-refractivity contribution in [3.05, 3.63) is 5.82 Å². The van der Waals surface area contributed by atoms with Gasteiger partial charge < -0.3 is 0 Å². The summed E-state index contributed by atoms with van der Waals surface area (Å²) in [6, 6.07) is 0. The molecule has 16 heavy (non-hydrogen) atoms. The molecule has 0 aliphatic carbocycles. The number of primary sulfonamides is 1. The second kappa shape index (κ2) is 5.40. The molecule has 0 fully saturated rings. The average Bonchev–Trinajstić information content (AvgIpc) is 2.65. The zero-order valence-electron chi connectivity index (χ0n) is 9.60. The number of aromatic nitrogens is 3. The van der Waals surface area contributed by atoms with Crippen molar-refractivity contribution in [3.63, 3.8) is 0 Å². The molecule has 0 bridgehead atoms. The fourth-order valence-corrected chi connectivity index (χ4v) is 2.08. The van der Waals surface area contributed by atoms with E-state index in [-0.39, 0.29) is 11.1 Å². The summed E-state index contributed by atoms with van der Waals surface area (Å²) in [6.07, 6.45) is 3.98. The summed E-state index contributed by atoms with van der Waals surface area (Å²) in [5, 5.41) is 10.9. The number of nitrogens with two attached hydrogens (primary N) is 1. The minimum absolute atomic E-state index is 0.234. The highest BCUT2D eigenvalue weighted by molar-refractivity contribution is 7.89. The lowest BCUT2D eigenvalue weighted by atomic mass is 9.98. The first-order chi connectivity index (χ1) is 7.49. The monoisotopic (exact) mass is 246 g/mol. The maximum atomic E-state index is 11.0. The Morgan fingerprint density at radius 3 is 2.25 bits per heavy atom. The van der Waals surface area contributed by atoms with Crippen LogP contribution in [0.2, 0.25) is 0 Å². The Balaban J connectivity index is 2.89. The van der Waals surface area contributed by atoms with Crippen molar-refractivity contribution < 1.29 is 8.42 Å². The first-order valence-corrected chi connectivity index (χ1v) is 6.98. The van der Waals surface area contributed by atoms with Gasteiger partial charge in [0.25, 0.3) is 15.2 Å². The molecule has 0 amide bonds. The molecule has 6 nitrogen and oxygen atoms in total. The molecule has 1 rings (SSSR count). The van der Waals surface area contributed by atoms with E-state index in [1.807, 2.05) is 0 Å². The van der Waals surface area contributed by atoms with Crippen LogP contribution < -0.4 is 5.14 Å². The Hall–Kier alpha value is -0.950. The van der Waals surface area contributed by atoms with E-state index in [2.05, 4.69) is 29.0 Å². The van der Waals surface area contributed by atoms with Crippen LogP contribution in [0.4, 0.5) is 0 Å². The van der Waals surface area contributed by atoms with Crippen molar-refractivity contribution in [2.24, 2.45) is 5.14 Å². The largest absolute Gasteiger partial charge is 0.282 e. The number of hydrogen-bond acceptors (Lipinski definition) is 4.